The molecule has 2 rings (SSSR count). The molecule has 0 atom stereocenters. The Morgan fingerprint density at radius 1 is 1.05 bits per heavy atom. The predicted octanol–water partition coefficient (Wildman–Crippen LogP) is 1.99. The molecule has 0 bridgehead atoms. The summed E-state index contributed by atoms with van der Waals surface area (Å²) in [5, 5.41) is 4.88. The molecule has 0 radical (unpaired) electrons. The van der Waals surface area contributed by atoms with Crippen molar-refractivity contribution in [2.45, 2.75) is 6.54 Å². The first kappa shape index (κ1) is 14.0. The number of anilines is 1. The zero-order valence-corrected chi connectivity index (χ0v) is 12.6. The largest absolute Gasteiger partial charge is 0.335 e. The highest BCUT2D eigenvalue weighted by atomic mass is 127. The molecule has 98 valence electrons. The van der Waals surface area contributed by atoms with E-state index < -0.39 is 0 Å². The van der Waals surface area contributed by atoms with Crippen molar-refractivity contribution in [2.75, 3.05) is 11.9 Å². The molecule has 0 aromatic heterocycles. The Labute approximate surface area is 126 Å². The van der Waals surface area contributed by atoms with Crippen LogP contribution in [0.5, 0.6) is 0 Å². The van der Waals surface area contributed by atoms with E-state index in [1.54, 1.807) is 0 Å². The van der Waals surface area contributed by atoms with Crippen LogP contribution in [0, 0.1) is 3.57 Å². The normalized spacial score (nSPS) is 10.2. The summed E-state index contributed by atoms with van der Waals surface area (Å²) in [6, 6.07) is 17.9. The molecular formula is C15H16IN2O+. The average molecular weight is 367 g/mol. The Hall–Kier alpha value is -1.40. The van der Waals surface area contributed by atoms with Crippen LogP contribution in [-0.4, -0.2) is 12.5 Å². The molecule has 4 heteroatoms. The Balaban J connectivity index is 1.74. The van der Waals surface area contributed by atoms with Crippen LogP contribution in [0.2, 0.25) is 0 Å². The van der Waals surface area contributed by atoms with Crippen LogP contribution in [-0.2, 0) is 11.3 Å². The first-order valence-electron chi connectivity index (χ1n) is 6.15. The van der Waals surface area contributed by atoms with E-state index in [0.29, 0.717) is 6.54 Å². The van der Waals surface area contributed by atoms with Gasteiger partial charge in [0.2, 0.25) is 0 Å². The highest BCUT2D eigenvalue weighted by Crippen LogP contribution is 2.10. The van der Waals surface area contributed by atoms with Crippen LogP contribution in [0.1, 0.15) is 5.56 Å². The van der Waals surface area contributed by atoms with Gasteiger partial charge in [-0.3, -0.25) is 4.79 Å². The third kappa shape index (κ3) is 5.00. The number of rotatable bonds is 5. The summed E-state index contributed by atoms with van der Waals surface area (Å²) in [4.78, 5) is 11.7. The van der Waals surface area contributed by atoms with Gasteiger partial charge in [-0.25, -0.2) is 0 Å². The second-order valence-corrected chi connectivity index (χ2v) is 5.48. The van der Waals surface area contributed by atoms with Crippen LogP contribution in [0.3, 0.4) is 0 Å². The minimum absolute atomic E-state index is 0.0251. The number of carbonyl (C=O) groups excluding carboxylic acids is 1. The smallest absolute Gasteiger partial charge is 0.279 e. The minimum atomic E-state index is 0.0251. The van der Waals surface area contributed by atoms with Gasteiger partial charge >= 0.3 is 0 Å². The second-order valence-electron chi connectivity index (χ2n) is 4.24. The molecule has 19 heavy (non-hydrogen) atoms. The molecule has 1 amide bonds. The molecule has 2 aromatic carbocycles. The highest BCUT2D eigenvalue weighted by Gasteiger charge is 2.04. The van der Waals surface area contributed by atoms with Crippen molar-refractivity contribution in [1.29, 1.82) is 0 Å². The van der Waals surface area contributed by atoms with Crippen LogP contribution < -0.4 is 10.6 Å². The SMILES string of the molecule is O=C(C[NH2+]Cc1ccccc1)Nc1ccc(I)cc1. The van der Waals surface area contributed by atoms with E-state index in [4.69, 9.17) is 0 Å². The summed E-state index contributed by atoms with van der Waals surface area (Å²) in [5.41, 5.74) is 2.07. The summed E-state index contributed by atoms with van der Waals surface area (Å²) in [6.07, 6.45) is 0. The van der Waals surface area contributed by atoms with Gasteiger partial charge in [-0.2, -0.15) is 0 Å². The van der Waals surface area contributed by atoms with E-state index >= 15 is 0 Å². The first-order chi connectivity index (χ1) is 9.24. The summed E-state index contributed by atoms with van der Waals surface area (Å²) < 4.78 is 1.16. The van der Waals surface area contributed by atoms with E-state index in [2.05, 4.69) is 40.0 Å². The van der Waals surface area contributed by atoms with Crippen molar-refractivity contribution in [3.8, 4) is 0 Å². The lowest BCUT2D eigenvalue weighted by molar-refractivity contribution is -0.659. The third-order valence-electron chi connectivity index (χ3n) is 2.68. The summed E-state index contributed by atoms with van der Waals surface area (Å²) in [6.45, 7) is 1.25. The number of carbonyl (C=O) groups is 1. The molecule has 0 heterocycles. The van der Waals surface area contributed by atoms with Crippen molar-refractivity contribution in [2.24, 2.45) is 0 Å². The summed E-state index contributed by atoms with van der Waals surface area (Å²) in [5.74, 6) is 0.0251. The van der Waals surface area contributed by atoms with E-state index in [-0.39, 0.29) is 5.91 Å². The molecule has 3 nitrogen and oxygen atoms in total. The Bertz CT molecular complexity index is 526. The van der Waals surface area contributed by atoms with Crippen LogP contribution in [0.25, 0.3) is 0 Å². The van der Waals surface area contributed by atoms with Gasteiger partial charge in [0.05, 0.1) is 0 Å². The number of halogens is 1. The van der Waals surface area contributed by atoms with Crippen molar-refractivity contribution in [1.82, 2.24) is 0 Å². The molecule has 0 aliphatic heterocycles. The fourth-order valence-electron chi connectivity index (χ4n) is 1.73. The zero-order valence-electron chi connectivity index (χ0n) is 10.5. The van der Waals surface area contributed by atoms with E-state index in [0.717, 1.165) is 15.8 Å². The van der Waals surface area contributed by atoms with Gasteiger partial charge in [0.25, 0.3) is 5.91 Å². The fourth-order valence-corrected chi connectivity index (χ4v) is 2.09. The first-order valence-corrected chi connectivity index (χ1v) is 7.23. The van der Waals surface area contributed by atoms with E-state index in [1.165, 1.54) is 5.56 Å². The molecule has 0 saturated carbocycles. The minimum Gasteiger partial charge on any atom is -0.335 e. The molecule has 0 unspecified atom stereocenters. The van der Waals surface area contributed by atoms with E-state index in [9.17, 15) is 4.79 Å². The standard InChI is InChI=1S/C15H15IN2O/c16-13-6-8-14(9-7-13)18-15(19)11-17-10-12-4-2-1-3-5-12/h1-9,17H,10-11H2,(H,18,19)/p+1. The number of nitrogens with two attached hydrogens (primary N) is 1. The van der Waals surface area contributed by atoms with Gasteiger partial charge in [-0.1, -0.05) is 30.3 Å². The molecule has 0 fully saturated rings. The van der Waals surface area contributed by atoms with Gasteiger partial charge < -0.3 is 10.6 Å². The maximum absolute atomic E-state index is 11.7. The van der Waals surface area contributed by atoms with Crippen molar-refractivity contribution in [3.63, 3.8) is 0 Å². The van der Waals surface area contributed by atoms with Gasteiger partial charge in [0.1, 0.15) is 6.54 Å². The van der Waals surface area contributed by atoms with Crippen LogP contribution >= 0.6 is 22.6 Å². The Morgan fingerprint density at radius 3 is 2.42 bits per heavy atom. The van der Waals surface area contributed by atoms with E-state index in [1.807, 2.05) is 47.8 Å². The topological polar surface area (TPSA) is 45.7 Å². The number of hydrogen-bond donors (Lipinski definition) is 2. The summed E-state index contributed by atoms with van der Waals surface area (Å²) >= 11 is 2.24. The molecule has 0 spiro atoms. The zero-order chi connectivity index (χ0) is 13.5. The monoisotopic (exact) mass is 367 g/mol. The lowest BCUT2D eigenvalue weighted by atomic mass is 10.2. The lowest BCUT2D eigenvalue weighted by Gasteiger charge is -2.05. The van der Waals surface area contributed by atoms with Crippen molar-refractivity contribution < 1.29 is 10.1 Å². The Kier molecular flexibility index (Phi) is 5.35. The maximum Gasteiger partial charge on any atom is 0.279 e. The number of hydrogen-bond acceptors (Lipinski definition) is 1. The lowest BCUT2D eigenvalue weighted by Crippen LogP contribution is -2.84. The quantitative estimate of drug-likeness (QED) is 0.781. The molecule has 3 N–H and O–H groups in total. The second kappa shape index (κ2) is 7.25. The van der Waals surface area contributed by atoms with Crippen molar-refractivity contribution >= 4 is 34.2 Å². The number of amides is 1. The Morgan fingerprint density at radius 2 is 1.74 bits per heavy atom. The van der Waals surface area contributed by atoms with Gasteiger partial charge in [-0.05, 0) is 46.9 Å². The van der Waals surface area contributed by atoms with Gasteiger partial charge in [0.15, 0.2) is 6.54 Å². The van der Waals surface area contributed by atoms with Crippen LogP contribution in [0.15, 0.2) is 54.6 Å². The molecular weight excluding hydrogens is 351 g/mol. The summed E-state index contributed by atoms with van der Waals surface area (Å²) in [7, 11) is 0. The van der Waals surface area contributed by atoms with Crippen LogP contribution in [0.4, 0.5) is 5.69 Å². The predicted molar refractivity (Wildman–Crippen MR) is 84.7 cm³/mol. The van der Waals surface area contributed by atoms with Gasteiger partial charge in [-0.15, -0.1) is 0 Å². The molecule has 2 aromatic rings. The molecule has 0 aliphatic carbocycles. The molecule has 0 aliphatic rings. The van der Waals surface area contributed by atoms with Gasteiger partial charge in [0, 0.05) is 14.8 Å². The average Bonchev–Trinajstić information content (AvgIpc) is 2.43. The number of quaternary nitrogens is 1. The number of benzene rings is 2. The fraction of sp³-hybridized carbons (Fsp3) is 0.133. The van der Waals surface area contributed by atoms with Crippen molar-refractivity contribution in [3.05, 3.63) is 63.7 Å². The maximum atomic E-state index is 11.7. The third-order valence-corrected chi connectivity index (χ3v) is 3.40. The highest BCUT2D eigenvalue weighted by molar-refractivity contribution is 14.1. The number of nitrogens with one attached hydrogen (secondary N) is 1. The molecule has 0 saturated heterocycles.